The van der Waals surface area contributed by atoms with Gasteiger partial charge in [0.25, 0.3) is 0 Å². The van der Waals surface area contributed by atoms with Gasteiger partial charge in [0, 0.05) is 12.1 Å². The second-order valence-corrected chi connectivity index (χ2v) is 6.89. The number of aryl methyl sites for hydroxylation is 1. The van der Waals surface area contributed by atoms with Gasteiger partial charge in [-0.25, -0.2) is 14.8 Å². The van der Waals surface area contributed by atoms with E-state index in [0.29, 0.717) is 30.2 Å². The van der Waals surface area contributed by atoms with E-state index in [9.17, 15) is 4.79 Å². The zero-order chi connectivity index (χ0) is 19.2. The maximum atomic E-state index is 12.0. The first kappa shape index (κ1) is 19.3. The van der Waals surface area contributed by atoms with Gasteiger partial charge in [0.15, 0.2) is 5.69 Å². The zero-order valence-corrected chi connectivity index (χ0v) is 16.2. The van der Waals surface area contributed by atoms with Crippen LogP contribution >= 0.6 is 0 Å². The zero-order valence-electron chi connectivity index (χ0n) is 16.2. The molecule has 1 aromatic heterocycles. The molecule has 2 heterocycles. The number of nitrogens with one attached hydrogen (secondary N) is 1. The van der Waals surface area contributed by atoms with E-state index in [-0.39, 0.29) is 12.2 Å². The fraction of sp³-hybridized carbons (Fsp3) is 0.476. The molecule has 1 aromatic carbocycles. The van der Waals surface area contributed by atoms with Crippen molar-refractivity contribution >= 4 is 11.8 Å². The summed E-state index contributed by atoms with van der Waals surface area (Å²) in [5, 5.41) is 3.32. The van der Waals surface area contributed by atoms with Gasteiger partial charge >= 0.3 is 5.97 Å². The monoisotopic (exact) mass is 369 g/mol. The van der Waals surface area contributed by atoms with Gasteiger partial charge in [-0.05, 0) is 45.6 Å². The minimum atomic E-state index is -0.422. The topological polar surface area (TPSA) is 73.3 Å². The van der Waals surface area contributed by atoms with Crippen molar-refractivity contribution in [2.75, 3.05) is 18.5 Å². The standard InChI is InChI=1S/C21H27N3O3/c1-4-26-21(25)19-15(3)20(24-13-23-19)22-12-17-9-6-10-18(27-17)16-8-5-7-14(2)11-16/h5,7-8,11,13,17-18H,4,6,9-10,12H2,1-3H3,(H,22,23,24)/t17-,18+/m1/s1. The fourth-order valence-electron chi connectivity index (χ4n) is 3.41. The van der Waals surface area contributed by atoms with Gasteiger partial charge in [0.05, 0.1) is 18.8 Å². The van der Waals surface area contributed by atoms with Crippen LogP contribution in [0.2, 0.25) is 0 Å². The smallest absolute Gasteiger partial charge is 0.357 e. The molecule has 2 aromatic rings. The summed E-state index contributed by atoms with van der Waals surface area (Å²) in [5.41, 5.74) is 3.49. The molecule has 0 radical (unpaired) electrons. The van der Waals surface area contributed by atoms with Gasteiger partial charge in [-0.15, -0.1) is 0 Å². The predicted molar refractivity (Wildman–Crippen MR) is 104 cm³/mol. The van der Waals surface area contributed by atoms with E-state index in [1.807, 2.05) is 6.92 Å². The largest absolute Gasteiger partial charge is 0.461 e. The summed E-state index contributed by atoms with van der Waals surface area (Å²) in [5.74, 6) is 0.225. The lowest BCUT2D eigenvalue weighted by molar-refractivity contribution is -0.0442. The van der Waals surface area contributed by atoms with Crippen molar-refractivity contribution in [2.24, 2.45) is 0 Å². The lowest BCUT2D eigenvalue weighted by Crippen LogP contribution is -2.29. The Bertz CT molecular complexity index is 794. The number of anilines is 1. The Morgan fingerprint density at radius 2 is 2.15 bits per heavy atom. The van der Waals surface area contributed by atoms with Crippen molar-refractivity contribution in [3.63, 3.8) is 0 Å². The van der Waals surface area contributed by atoms with Crippen LogP contribution in [-0.2, 0) is 9.47 Å². The second-order valence-electron chi connectivity index (χ2n) is 6.89. The number of hydrogen-bond acceptors (Lipinski definition) is 6. The molecule has 1 saturated heterocycles. The van der Waals surface area contributed by atoms with Crippen LogP contribution < -0.4 is 5.32 Å². The first-order chi connectivity index (χ1) is 13.1. The molecule has 6 nitrogen and oxygen atoms in total. The average molecular weight is 369 g/mol. The van der Waals surface area contributed by atoms with Gasteiger partial charge in [-0.2, -0.15) is 0 Å². The van der Waals surface area contributed by atoms with Crippen LogP contribution in [0.25, 0.3) is 0 Å². The Morgan fingerprint density at radius 3 is 2.93 bits per heavy atom. The summed E-state index contributed by atoms with van der Waals surface area (Å²) in [6.45, 7) is 6.67. The lowest BCUT2D eigenvalue weighted by Gasteiger charge is -2.31. The Hall–Kier alpha value is -2.47. The summed E-state index contributed by atoms with van der Waals surface area (Å²) in [4.78, 5) is 20.3. The molecule has 0 spiro atoms. The Labute approximate surface area is 160 Å². The van der Waals surface area contributed by atoms with Crippen LogP contribution in [0.5, 0.6) is 0 Å². The molecule has 2 atom stereocenters. The Morgan fingerprint density at radius 1 is 1.30 bits per heavy atom. The number of hydrogen-bond donors (Lipinski definition) is 1. The van der Waals surface area contributed by atoms with E-state index in [1.165, 1.54) is 17.5 Å². The summed E-state index contributed by atoms with van der Waals surface area (Å²) >= 11 is 0. The number of carbonyl (C=O) groups excluding carboxylic acids is 1. The van der Waals surface area contributed by atoms with Crippen molar-refractivity contribution in [2.45, 2.75) is 52.2 Å². The fourth-order valence-corrected chi connectivity index (χ4v) is 3.41. The molecule has 0 amide bonds. The number of ether oxygens (including phenoxy) is 2. The van der Waals surface area contributed by atoms with Crippen LogP contribution in [-0.4, -0.2) is 35.2 Å². The first-order valence-electron chi connectivity index (χ1n) is 9.53. The third-order valence-corrected chi connectivity index (χ3v) is 4.81. The molecule has 1 N–H and O–H groups in total. The van der Waals surface area contributed by atoms with Crippen molar-refractivity contribution in [1.82, 2.24) is 9.97 Å². The predicted octanol–water partition coefficient (Wildman–Crippen LogP) is 3.99. The molecule has 6 heteroatoms. The van der Waals surface area contributed by atoms with E-state index in [2.05, 4.69) is 46.5 Å². The highest BCUT2D eigenvalue weighted by Gasteiger charge is 2.24. The summed E-state index contributed by atoms with van der Waals surface area (Å²) in [6.07, 6.45) is 4.79. The lowest BCUT2D eigenvalue weighted by atomic mass is 9.97. The van der Waals surface area contributed by atoms with Gasteiger partial charge in [-0.3, -0.25) is 0 Å². The summed E-state index contributed by atoms with van der Waals surface area (Å²) < 4.78 is 11.4. The number of nitrogens with zero attached hydrogens (tertiary/aromatic N) is 2. The minimum Gasteiger partial charge on any atom is -0.461 e. The SMILES string of the molecule is CCOC(=O)c1ncnc(NC[C@H]2CCC[C@@H](c3cccc(C)c3)O2)c1C. The van der Waals surface area contributed by atoms with Gasteiger partial charge in [0.1, 0.15) is 12.1 Å². The van der Waals surface area contributed by atoms with E-state index in [1.54, 1.807) is 6.92 Å². The quantitative estimate of drug-likeness (QED) is 0.776. The molecule has 0 saturated carbocycles. The van der Waals surface area contributed by atoms with E-state index in [0.717, 1.165) is 19.3 Å². The Balaban J connectivity index is 1.63. The third kappa shape index (κ3) is 4.83. The molecule has 1 aliphatic heterocycles. The van der Waals surface area contributed by atoms with Gasteiger partial charge in [0.2, 0.25) is 0 Å². The number of esters is 1. The molecule has 0 aliphatic carbocycles. The molecule has 0 bridgehead atoms. The van der Waals surface area contributed by atoms with E-state index >= 15 is 0 Å². The van der Waals surface area contributed by atoms with Gasteiger partial charge in [-0.1, -0.05) is 29.8 Å². The maximum absolute atomic E-state index is 12.0. The Kier molecular flexibility index (Phi) is 6.40. The second kappa shape index (κ2) is 8.95. The van der Waals surface area contributed by atoms with Crippen LogP contribution in [0.15, 0.2) is 30.6 Å². The summed E-state index contributed by atoms with van der Waals surface area (Å²) in [6, 6.07) is 8.51. The molecule has 0 unspecified atom stereocenters. The molecule has 144 valence electrons. The number of rotatable bonds is 6. The highest BCUT2D eigenvalue weighted by Crippen LogP contribution is 2.31. The van der Waals surface area contributed by atoms with Crippen LogP contribution in [0.4, 0.5) is 5.82 Å². The van der Waals surface area contributed by atoms with Crippen molar-refractivity contribution in [1.29, 1.82) is 0 Å². The van der Waals surface area contributed by atoms with Crippen molar-refractivity contribution in [3.8, 4) is 0 Å². The number of aromatic nitrogens is 2. The minimum absolute atomic E-state index is 0.102. The van der Waals surface area contributed by atoms with Crippen LogP contribution in [0.1, 0.15) is 59.5 Å². The van der Waals surface area contributed by atoms with E-state index in [4.69, 9.17) is 9.47 Å². The van der Waals surface area contributed by atoms with Crippen molar-refractivity contribution < 1.29 is 14.3 Å². The molecule has 1 aliphatic rings. The average Bonchev–Trinajstić information content (AvgIpc) is 2.67. The third-order valence-electron chi connectivity index (χ3n) is 4.81. The van der Waals surface area contributed by atoms with Crippen LogP contribution in [0, 0.1) is 13.8 Å². The molecule has 3 rings (SSSR count). The maximum Gasteiger partial charge on any atom is 0.357 e. The molecule has 27 heavy (non-hydrogen) atoms. The number of carbonyl (C=O) groups is 1. The van der Waals surface area contributed by atoms with Crippen molar-refractivity contribution in [3.05, 3.63) is 53.0 Å². The molecular formula is C21H27N3O3. The van der Waals surface area contributed by atoms with Crippen LogP contribution in [0.3, 0.4) is 0 Å². The number of benzene rings is 1. The highest BCUT2D eigenvalue weighted by molar-refractivity contribution is 5.90. The first-order valence-corrected chi connectivity index (χ1v) is 9.53. The molecule has 1 fully saturated rings. The van der Waals surface area contributed by atoms with E-state index < -0.39 is 5.97 Å². The highest BCUT2D eigenvalue weighted by atomic mass is 16.5. The van der Waals surface area contributed by atoms with Gasteiger partial charge < -0.3 is 14.8 Å². The molecular weight excluding hydrogens is 342 g/mol. The summed E-state index contributed by atoms with van der Waals surface area (Å²) in [7, 11) is 0. The normalized spacial score (nSPS) is 19.5.